The summed E-state index contributed by atoms with van der Waals surface area (Å²) in [4.78, 5) is 0.292. The minimum Gasteiger partial charge on any atom is -0.417 e. The number of ether oxygens (including phenoxy) is 2. The van der Waals surface area contributed by atoms with Crippen molar-refractivity contribution >= 4 is 18.2 Å². The lowest BCUT2D eigenvalue weighted by molar-refractivity contribution is -0.133. The molecule has 0 radical (unpaired) electrons. The van der Waals surface area contributed by atoms with Gasteiger partial charge in [-0.1, -0.05) is 76.2 Å². The summed E-state index contributed by atoms with van der Waals surface area (Å²) in [5.74, 6) is 0.0653. The van der Waals surface area contributed by atoms with Gasteiger partial charge in [-0.3, -0.25) is 0 Å². The van der Waals surface area contributed by atoms with Gasteiger partial charge in [0, 0.05) is 18.9 Å². The van der Waals surface area contributed by atoms with Crippen molar-refractivity contribution < 1.29 is 22.3 Å². The molecule has 2 aromatic carbocycles. The minimum atomic E-state index is -3.64. The van der Waals surface area contributed by atoms with Gasteiger partial charge in [-0.25, -0.2) is 8.42 Å². The third-order valence-corrected chi connectivity index (χ3v) is 14.0. The molecule has 1 aliphatic rings. The highest BCUT2D eigenvalue weighted by Gasteiger charge is 2.43. The van der Waals surface area contributed by atoms with Crippen LogP contribution in [0.1, 0.15) is 46.1 Å². The summed E-state index contributed by atoms with van der Waals surface area (Å²) in [7, 11) is -5.35. The second-order valence-electron chi connectivity index (χ2n) is 9.27. The SMILES string of the molecule is CC[Si](CC)(CC)OCC[C@H]1O[C@@H](S(=O)(=O)c2ccccc2)C[C@H](OCc2ccccc2)[C@H]1C. The highest BCUT2D eigenvalue weighted by molar-refractivity contribution is 7.92. The van der Waals surface area contributed by atoms with E-state index in [9.17, 15) is 8.42 Å². The van der Waals surface area contributed by atoms with Crippen LogP contribution in [0, 0.1) is 5.92 Å². The molecular formula is C27H40O5SSi. The Morgan fingerprint density at radius 3 is 2.12 bits per heavy atom. The molecule has 0 amide bonds. The van der Waals surface area contributed by atoms with Gasteiger partial charge in [-0.15, -0.1) is 0 Å². The number of hydrogen-bond donors (Lipinski definition) is 0. The lowest BCUT2D eigenvalue weighted by Gasteiger charge is -2.40. The molecule has 0 aliphatic carbocycles. The van der Waals surface area contributed by atoms with E-state index < -0.39 is 23.6 Å². The predicted octanol–water partition coefficient (Wildman–Crippen LogP) is 6.21. The van der Waals surface area contributed by atoms with E-state index in [4.69, 9.17) is 13.9 Å². The van der Waals surface area contributed by atoms with Crippen molar-refractivity contribution in [1.82, 2.24) is 0 Å². The predicted molar refractivity (Wildman–Crippen MR) is 139 cm³/mol. The molecule has 1 heterocycles. The van der Waals surface area contributed by atoms with Gasteiger partial charge in [0.15, 0.2) is 13.8 Å². The zero-order valence-corrected chi connectivity index (χ0v) is 22.8. The molecule has 5 nitrogen and oxygen atoms in total. The fraction of sp³-hybridized carbons (Fsp3) is 0.556. The summed E-state index contributed by atoms with van der Waals surface area (Å²) in [5.41, 5.74) is 0.149. The fourth-order valence-electron chi connectivity index (χ4n) is 4.76. The van der Waals surface area contributed by atoms with E-state index in [0.29, 0.717) is 31.0 Å². The smallest absolute Gasteiger partial charge is 0.205 e. The van der Waals surface area contributed by atoms with E-state index in [2.05, 4.69) is 27.7 Å². The van der Waals surface area contributed by atoms with Crippen molar-refractivity contribution in [2.75, 3.05) is 6.61 Å². The Bertz CT molecular complexity index is 955. The summed E-state index contributed by atoms with van der Waals surface area (Å²) in [6.45, 7) is 9.81. The second-order valence-corrected chi connectivity index (χ2v) is 16.1. The number of sulfone groups is 1. The van der Waals surface area contributed by atoms with Gasteiger partial charge in [-0.2, -0.15) is 0 Å². The van der Waals surface area contributed by atoms with Crippen molar-refractivity contribution in [3.63, 3.8) is 0 Å². The van der Waals surface area contributed by atoms with E-state index in [0.717, 1.165) is 23.7 Å². The van der Waals surface area contributed by atoms with Crippen molar-refractivity contribution in [3.8, 4) is 0 Å². The summed E-state index contributed by atoms with van der Waals surface area (Å²) < 4.78 is 45.9. The third-order valence-electron chi connectivity index (χ3n) is 7.39. The molecule has 0 aromatic heterocycles. The Morgan fingerprint density at radius 1 is 0.941 bits per heavy atom. The molecule has 1 aliphatic heterocycles. The molecule has 7 heteroatoms. The second kappa shape index (κ2) is 12.4. The van der Waals surface area contributed by atoms with Crippen molar-refractivity contribution in [2.24, 2.45) is 5.92 Å². The Hall–Kier alpha value is -1.51. The Balaban J connectivity index is 1.76. The van der Waals surface area contributed by atoms with Gasteiger partial charge < -0.3 is 13.9 Å². The number of benzene rings is 2. The monoisotopic (exact) mass is 504 g/mol. The zero-order chi connectivity index (χ0) is 24.6. The van der Waals surface area contributed by atoms with Crippen LogP contribution in [0.3, 0.4) is 0 Å². The fourth-order valence-corrected chi connectivity index (χ4v) is 8.99. The van der Waals surface area contributed by atoms with Crippen LogP contribution in [0.4, 0.5) is 0 Å². The number of rotatable bonds is 12. The largest absolute Gasteiger partial charge is 0.417 e. The van der Waals surface area contributed by atoms with Crippen LogP contribution in [0.15, 0.2) is 65.6 Å². The maximum atomic E-state index is 13.4. The number of hydrogen-bond acceptors (Lipinski definition) is 5. The lowest BCUT2D eigenvalue weighted by atomic mass is 9.91. The first kappa shape index (κ1) is 27.1. The van der Waals surface area contributed by atoms with Gasteiger partial charge >= 0.3 is 0 Å². The van der Waals surface area contributed by atoms with E-state index in [1.807, 2.05) is 36.4 Å². The van der Waals surface area contributed by atoms with Crippen molar-refractivity contribution in [1.29, 1.82) is 0 Å². The van der Waals surface area contributed by atoms with Crippen molar-refractivity contribution in [2.45, 2.75) is 87.8 Å². The van der Waals surface area contributed by atoms with Crippen LogP contribution >= 0.6 is 0 Å². The van der Waals surface area contributed by atoms with Gasteiger partial charge in [0.25, 0.3) is 0 Å². The molecular weight excluding hydrogens is 464 g/mol. The van der Waals surface area contributed by atoms with Crippen LogP contribution in [0.25, 0.3) is 0 Å². The summed E-state index contributed by atoms with van der Waals surface area (Å²) in [6.07, 6.45) is 0.533. The Kier molecular flexibility index (Phi) is 9.91. The summed E-state index contributed by atoms with van der Waals surface area (Å²) in [5, 5.41) is 0. The molecule has 34 heavy (non-hydrogen) atoms. The van der Waals surface area contributed by atoms with E-state index in [-0.39, 0.29) is 18.1 Å². The molecule has 1 saturated heterocycles. The van der Waals surface area contributed by atoms with Gasteiger partial charge in [-0.05, 0) is 42.2 Å². The average molecular weight is 505 g/mol. The topological polar surface area (TPSA) is 61.8 Å². The first-order valence-electron chi connectivity index (χ1n) is 12.6. The average Bonchev–Trinajstić information content (AvgIpc) is 2.88. The highest BCUT2D eigenvalue weighted by atomic mass is 32.2. The third kappa shape index (κ3) is 6.58. The van der Waals surface area contributed by atoms with E-state index in [1.165, 1.54) is 0 Å². The highest BCUT2D eigenvalue weighted by Crippen LogP contribution is 2.35. The van der Waals surface area contributed by atoms with E-state index >= 15 is 0 Å². The molecule has 0 bridgehead atoms. The molecule has 1 fully saturated rings. The van der Waals surface area contributed by atoms with Crippen molar-refractivity contribution in [3.05, 3.63) is 66.2 Å². The minimum absolute atomic E-state index is 0.0653. The van der Waals surface area contributed by atoms with Gasteiger partial charge in [0.05, 0.1) is 23.7 Å². The molecule has 3 rings (SSSR count). The maximum Gasteiger partial charge on any atom is 0.205 e. The first-order chi connectivity index (χ1) is 16.3. The molecule has 4 atom stereocenters. The van der Waals surface area contributed by atoms with Gasteiger partial charge in [0.2, 0.25) is 9.84 Å². The first-order valence-corrected chi connectivity index (χ1v) is 16.7. The van der Waals surface area contributed by atoms with Crippen LogP contribution in [-0.2, 0) is 30.3 Å². The summed E-state index contributed by atoms with van der Waals surface area (Å²) in [6, 6.07) is 21.9. The lowest BCUT2D eigenvalue weighted by Crippen LogP contribution is -2.47. The van der Waals surface area contributed by atoms with Crippen LogP contribution < -0.4 is 0 Å². The molecule has 0 spiro atoms. The summed E-state index contributed by atoms with van der Waals surface area (Å²) >= 11 is 0. The van der Waals surface area contributed by atoms with Crippen LogP contribution in [-0.4, -0.2) is 41.0 Å². The van der Waals surface area contributed by atoms with Crippen LogP contribution in [0.5, 0.6) is 0 Å². The molecule has 0 saturated carbocycles. The maximum absolute atomic E-state index is 13.4. The Morgan fingerprint density at radius 2 is 1.53 bits per heavy atom. The molecule has 188 valence electrons. The molecule has 0 unspecified atom stereocenters. The Labute approximate surface area is 206 Å². The van der Waals surface area contributed by atoms with Gasteiger partial charge in [0.1, 0.15) is 0 Å². The quantitative estimate of drug-likeness (QED) is 0.322. The zero-order valence-electron chi connectivity index (χ0n) is 21.0. The van der Waals surface area contributed by atoms with Crippen LogP contribution in [0.2, 0.25) is 18.1 Å². The molecule has 2 aromatic rings. The normalized spacial score (nSPS) is 23.6. The molecule has 0 N–H and O–H groups in total. The standard InChI is InChI=1S/C27H40O5SSi/c1-5-34(6-2,7-3)31-19-18-25-22(4)26(30-21-23-14-10-8-11-15-23)20-27(32-25)33(28,29)24-16-12-9-13-17-24/h8-17,22,25-27H,5-7,18-21H2,1-4H3/t22-,25+,26-,27-/m0/s1. The van der Waals surface area contributed by atoms with E-state index in [1.54, 1.807) is 24.3 Å².